The maximum absolute atomic E-state index is 13.7. The van der Waals surface area contributed by atoms with Crippen molar-refractivity contribution in [2.75, 3.05) is 24.9 Å². The van der Waals surface area contributed by atoms with Gasteiger partial charge in [-0.2, -0.15) is 4.98 Å². The van der Waals surface area contributed by atoms with Gasteiger partial charge in [0.1, 0.15) is 17.5 Å². The smallest absolute Gasteiger partial charge is 0.255 e. The van der Waals surface area contributed by atoms with Gasteiger partial charge in [0.15, 0.2) is 5.82 Å². The molecule has 0 aliphatic carbocycles. The zero-order valence-electron chi connectivity index (χ0n) is 19.5. The van der Waals surface area contributed by atoms with E-state index in [4.69, 9.17) is 14.6 Å². The largest absolute Gasteiger partial charge is 0.497 e. The van der Waals surface area contributed by atoms with E-state index in [9.17, 15) is 4.79 Å². The second kappa shape index (κ2) is 9.30. The lowest BCUT2D eigenvalue weighted by atomic mass is 9.95. The molecule has 0 saturated heterocycles. The van der Waals surface area contributed by atoms with Crippen molar-refractivity contribution in [2.24, 2.45) is 0 Å². The van der Waals surface area contributed by atoms with Crippen molar-refractivity contribution in [3.05, 3.63) is 89.9 Å². The molecule has 35 heavy (non-hydrogen) atoms. The predicted molar refractivity (Wildman–Crippen MR) is 132 cm³/mol. The molecular formula is C26H24N6O3. The monoisotopic (exact) mass is 468 g/mol. The molecular weight excluding hydrogens is 444 g/mol. The summed E-state index contributed by atoms with van der Waals surface area (Å²) in [5, 5.41) is 11.0. The van der Waals surface area contributed by atoms with Crippen molar-refractivity contribution in [2.45, 2.75) is 13.0 Å². The summed E-state index contributed by atoms with van der Waals surface area (Å²) < 4.78 is 12.6. The van der Waals surface area contributed by atoms with Crippen LogP contribution < -0.4 is 20.1 Å². The first-order chi connectivity index (χ1) is 17.1. The van der Waals surface area contributed by atoms with Crippen LogP contribution in [0.4, 0.5) is 11.6 Å². The molecule has 176 valence electrons. The first-order valence-corrected chi connectivity index (χ1v) is 11.0. The zero-order chi connectivity index (χ0) is 24.4. The summed E-state index contributed by atoms with van der Waals surface area (Å²) in [4.78, 5) is 22.6. The highest BCUT2D eigenvalue weighted by molar-refractivity contribution is 6.06. The molecule has 9 heteroatoms. The van der Waals surface area contributed by atoms with Crippen LogP contribution in [0.1, 0.15) is 18.5 Å². The fraction of sp³-hybridized carbons (Fsp3) is 0.154. The Morgan fingerprint density at radius 1 is 1.06 bits per heavy atom. The second-order valence-electron chi connectivity index (χ2n) is 7.94. The third-order valence-electron chi connectivity index (χ3n) is 5.78. The van der Waals surface area contributed by atoms with Crippen molar-refractivity contribution in [1.82, 2.24) is 19.7 Å². The molecule has 2 aromatic heterocycles. The number of rotatable bonds is 6. The van der Waals surface area contributed by atoms with Crippen molar-refractivity contribution in [3.63, 3.8) is 0 Å². The van der Waals surface area contributed by atoms with E-state index in [0.29, 0.717) is 40.2 Å². The number of hydrogen-bond acceptors (Lipinski definition) is 7. The minimum Gasteiger partial charge on any atom is -0.497 e. The van der Waals surface area contributed by atoms with E-state index in [1.807, 2.05) is 55.5 Å². The van der Waals surface area contributed by atoms with Crippen LogP contribution in [0.5, 0.6) is 11.5 Å². The van der Waals surface area contributed by atoms with Gasteiger partial charge in [-0.15, -0.1) is 5.10 Å². The summed E-state index contributed by atoms with van der Waals surface area (Å²) in [6.07, 6.45) is 3.40. The van der Waals surface area contributed by atoms with Crippen LogP contribution in [-0.4, -0.2) is 39.9 Å². The molecule has 1 atom stereocenters. The molecule has 1 aliphatic heterocycles. The van der Waals surface area contributed by atoms with Crippen LogP contribution in [-0.2, 0) is 4.79 Å². The van der Waals surface area contributed by atoms with Gasteiger partial charge in [-0.25, -0.2) is 4.68 Å². The Hall–Kier alpha value is -4.66. The van der Waals surface area contributed by atoms with Gasteiger partial charge < -0.3 is 20.1 Å². The fourth-order valence-electron chi connectivity index (χ4n) is 4.12. The van der Waals surface area contributed by atoms with Crippen molar-refractivity contribution >= 4 is 17.5 Å². The number of allylic oxidation sites excluding steroid dienone is 1. The van der Waals surface area contributed by atoms with Gasteiger partial charge in [0.2, 0.25) is 5.95 Å². The highest BCUT2D eigenvalue weighted by Crippen LogP contribution is 2.38. The Morgan fingerprint density at radius 3 is 2.69 bits per heavy atom. The minimum absolute atomic E-state index is 0.281. The molecule has 2 N–H and O–H groups in total. The highest BCUT2D eigenvalue weighted by Gasteiger charge is 2.35. The highest BCUT2D eigenvalue weighted by atomic mass is 16.5. The Morgan fingerprint density at radius 2 is 1.91 bits per heavy atom. The molecule has 4 aromatic rings. The number of carbonyl (C=O) groups is 1. The van der Waals surface area contributed by atoms with E-state index in [-0.39, 0.29) is 5.91 Å². The van der Waals surface area contributed by atoms with E-state index in [0.717, 1.165) is 11.1 Å². The van der Waals surface area contributed by atoms with Gasteiger partial charge >= 0.3 is 0 Å². The maximum Gasteiger partial charge on any atom is 0.255 e. The van der Waals surface area contributed by atoms with Crippen LogP contribution in [0.3, 0.4) is 0 Å². The number of benzene rings is 2. The molecule has 1 unspecified atom stereocenters. The van der Waals surface area contributed by atoms with Crippen molar-refractivity contribution < 1.29 is 14.3 Å². The maximum atomic E-state index is 13.7. The van der Waals surface area contributed by atoms with Crippen LogP contribution in [0.15, 0.2) is 84.3 Å². The number of fused-ring (bicyclic) bond motifs is 1. The number of amides is 1. The molecule has 0 radical (unpaired) electrons. The summed E-state index contributed by atoms with van der Waals surface area (Å²) >= 11 is 0. The number of ether oxygens (including phenoxy) is 2. The van der Waals surface area contributed by atoms with E-state index < -0.39 is 6.04 Å². The van der Waals surface area contributed by atoms with Crippen molar-refractivity contribution in [3.8, 4) is 22.9 Å². The normalized spacial score (nSPS) is 14.7. The topological polar surface area (TPSA) is 103 Å². The summed E-state index contributed by atoms with van der Waals surface area (Å²) in [6, 6.07) is 18.0. The zero-order valence-corrected chi connectivity index (χ0v) is 19.5. The lowest BCUT2D eigenvalue weighted by molar-refractivity contribution is -0.113. The number of anilines is 2. The number of nitrogens with one attached hydrogen (secondary N) is 2. The van der Waals surface area contributed by atoms with Gasteiger partial charge in [0.05, 0.1) is 25.5 Å². The molecule has 0 saturated carbocycles. The Labute approximate surface area is 202 Å². The number of para-hydroxylation sites is 2. The van der Waals surface area contributed by atoms with Gasteiger partial charge in [-0.05, 0) is 48.9 Å². The number of carbonyl (C=O) groups excluding carboxylic acids is 1. The molecule has 0 bridgehead atoms. The van der Waals surface area contributed by atoms with E-state index in [2.05, 4.69) is 20.6 Å². The summed E-state index contributed by atoms with van der Waals surface area (Å²) in [6.45, 7) is 1.85. The quantitative estimate of drug-likeness (QED) is 0.435. The van der Waals surface area contributed by atoms with Gasteiger partial charge in [0.25, 0.3) is 5.91 Å². The number of pyridine rings is 1. The van der Waals surface area contributed by atoms with E-state index in [1.165, 1.54) is 0 Å². The fourth-order valence-corrected chi connectivity index (χ4v) is 4.12. The van der Waals surface area contributed by atoms with Crippen LogP contribution >= 0.6 is 0 Å². The van der Waals surface area contributed by atoms with Crippen LogP contribution in [0, 0.1) is 0 Å². The molecule has 5 rings (SSSR count). The predicted octanol–water partition coefficient (Wildman–Crippen LogP) is 4.28. The molecule has 0 fully saturated rings. The SMILES string of the molecule is COc1cccc(C2C(C(=O)Nc3ccccc3OC)=C(C)Nc3nc(-c4cccnc4)nn32)c1. The standard InChI is InChI=1S/C26H24N6O3/c1-16-22(25(33)29-20-11-4-5-12-21(20)35-3)23(17-8-6-10-19(14-17)34-2)32-26(28-16)30-24(31-32)18-9-7-13-27-15-18/h4-15,23H,1-3H3,(H,29,33)(H,28,30,31). The molecule has 2 aromatic carbocycles. The van der Waals surface area contributed by atoms with Gasteiger partial charge in [-0.1, -0.05) is 24.3 Å². The van der Waals surface area contributed by atoms with E-state index in [1.54, 1.807) is 43.4 Å². The Kier molecular flexibility index (Phi) is 5.88. The lowest BCUT2D eigenvalue weighted by Gasteiger charge is -2.29. The minimum atomic E-state index is -0.547. The summed E-state index contributed by atoms with van der Waals surface area (Å²) in [5.41, 5.74) is 3.35. The Balaban J connectivity index is 1.61. The average molecular weight is 469 g/mol. The summed E-state index contributed by atoms with van der Waals surface area (Å²) in [7, 11) is 3.18. The van der Waals surface area contributed by atoms with E-state index >= 15 is 0 Å². The first-order valence-electron chi connectivity index (χ1n) is 11.0. The van der Waals surface area contributed by atoms with Crippen LogP contribution in [0.2, 0.25) is 0 Å². The molecule has 3 heterocycles. The lowest BCUT2D eigenvalue weighted by Crippen LogP contribution is -2.31. The number of hydrogen-bond donors (Lipinski definition) is 2. The molecule has 0 spiro atoms. The van der Waals surface area contributed by atoms with Crippen LogP contribution in [0.25, 0.3) is 11.4 Å². The third-order valence-corrected chi connectivity index (χ3v) is 5.78. The summed E-state index contributed by atoms with van der Waals surface area (Å²) in [5.74, 6) is 2.01. The number of methoxy groups -OCH3 is 2. The number of nitrogens with zero attached hydrogens (tertiary/aromatic N) is 4. The first kappa shape index (κ1) is 22.1. The molecule has 9 nitrogen and oxygen atoms in total. The van der Waals surface area contributed by atoms with Gasteiger partial charge in [0, 0.05) is 23.7 Å². The Bertz CT molecular complexity index is 1410. The average Bonchev–Trinajstić information content (AvgIpc) is 3.32. The number of aromatic nitrogens is 4. The van der Waals surface area contributed by atoms with Gasteiger partial charge in [-0.3, -0.25) is 9.78 Å². The van der Waals surface area contributed by atoms with Crippen molar-refractivity contribution in [1.29, 1.82) is 0 Å². The third kappa shape index (κ3) is 4.19. The molecule has 1 aliphatic rings. The molecule has 1 amide bonds. The second-order valence-corrected chi connectivity index (χ2v) is 7.94.